The number of carbonyl (C=O) groups excluding carboxylic acids is 5. The molecule has 72 heavy (non-hydrogen) atoms. The minimum Gasteiger partial charge on any atom is -0.382 e. The molecular formula is C54H63N9O8S. The second kappa shape index (κ2) is 22.8. The number of aromatic nitrogens is 2. The number of piperidine rings is 1. The first-order valence-electron chi connectivity index (χ1n) is 25.1. The third-order valence-corrected chi connectivity index (χ3v) is 15.3. The van der Waals surface area contributed by atoms with E-state index in [1.54, 1.807) is 35.5 Å². The van der Waals surface area contributed by atoms with Crippen LogP contribution in [0.15, 0.2) is 77.7 Å². The van der Waals surface area contributed by atoms with Crippen LogP contribution in [-0.4, -0.2) is 119 Å². The first kappa shape index (κ1) is 50.2. The first-order valence-corrected chi connectivity index (χ1v) is 25.9. The Kier molecular flexibility index (Phi) is 15.9. The summed E-state index contributed by atoms with van der Waals surface area (Å²) in [7, 11) is 3.66. The van der Waals surface area contributed by atoms with Crippen molar-refractivity contribution < 1.29 is 33.4 Å². The molecular weight excluding hydrogens is 935 g/mol. The average Bonchev–Trinajstić information content (AvgIpc) is 3.96. The van der Waals surface area contributed by atoms with Gasteiger partial charge in [0.15, 0.2) is 5.82 Å². The van der Waals surface area contributed by atoms with Crippen molar-refractivity contribution in [1.82, 2.24) is 29.6 Å². The smallest absolute Gasteiger partial charge is 0.293 e. The maximum Gasteiger partial charge on any atom is 0.293 e. The summed E-state index contributed by atoms with van der Waals surface area (Å²) in [6, 6.07) is 19.7. The van der Waals surface area contributed by atoms with Crippen LogP contribution < -0.4 is 26.8 Å². The van der Waals surface area contributed by atoms with E-state index >= 15 is 0 Å². The lowest BCUT2D eigenvalue weighted by atomic mass is 9.99. The fourth-order valence-electron chi connectivity index (χ4n) is 10.1. The number of ether oxygens (including phenoxy) is 2. The van der Waals surface area contributed by atoms with E-state index in [9.17, 15) is 28.8 Å². The SMILES string of the molecule is Cc1c(NC(=O)c2cc3c(s2)CCCC3)cccc1-c1cn(C)c(=O)c(Nc2ccc([C@@H]3C(=O)N(CCCCCOCCOCCNc4cccc5c4CN(C4CCC(=O)NC4=O)C5=O)CCN3C)cc2)n1. The minimum absolute atomic E-state index is 0.0678. The van der Waals surface area contributed by atoms with E-state index < -0.39 is 18.0 Å². The predicted molar refractivity (Wildman–Crippen MR) is 277 cm³/mol. The number of likely N-dealkylation sites (N-methyl/N-ethyl adjacent to an activating group) is 1. The van der Waals surface area contributed by atoms with Crippen LogP contribution in [0.25, 0.3) is 11.3 Å². The van der Waals surface area contributed by atoms with Crippen LogP contribution >= 0.6 is 11.3 Å². The molecule has 9 rings (SSSR count). The van der Waals surface area contributed by atoms with Crippen molar-refractivity contribution >= 4 is 63.8 Å². The number of hydrogen-bond acceptors (Lipinski definition) is 13. The van der Waals surface area contributed by atoms with Gasteiger partial charge in [-0.1, -0.05) is 30.3 Å². The molecule has 0 saturated carbocycles. The molecule has 18 heteroatoms. The Morgan fingerprint density at radius 3 is 2.40 bits per heavy atom. The van der Waals surface area contributed by atoms with Crippen LogP contribution in [-0.2, 0) is 50.3 Å². The van der Waals surface area contributed by atoms with Crippen molar-refractivity contribution in [3.05, 3.63) is 121 Å². The third kappa shape index (κ3) is 11.3. The number of rotatable bonds is 20. The molecule has 5 heterocycles. The summed E-state index contributed by atoms with van der Waals surface area (Å²) in [5.74, 6) is -0.829. The van der Waals surface area contributed by atoms with Gasteiger partial charge < -0.3 is 39.8 Å². The summed E-state index contributed by atoms with van der Waals surface area (Å²) in [4.78, 5) is 90.1. The maximum atomic E-state index is 13.9. The van der Waals surface area contributed by atoms with Crippen molar-refractivity contribution in [1.29, 1.82) is 0 Å². The Balaban J connectivity index is 0.690. The number of unbranched alkanes of at least 4 members (excludes halogenated alkanes) is 2. The van der Waals surface area contributed by atoms with Crippen molar-refractivity contribution in [2.24, 2.45) is 7.05 Å². The lowest BCUT2D eigenvalue weighted by molar-refractivity contribution is -0.141. The number of aryl methyl sites for hydroxylation is 3. The number of carbonyl (C=O) groups is 5. The molecule has 378 valence electrons. The van der Waals surface area contributed by atoms with Gasteiger partial charge in [0, 0.05) is 97.6 Å². The molecule has 5 amide bonds. The largest absolute Gasteiger partial charge is 0.382 e. The number of imide groups is 1. The Hall–Kier alpha value is -6.73. The van der Waals surface area contributed by atoms with Crippen LogP contribution in [0.2, 0.25) is 0 Å². The normalized spacial score (nSPS) is 18.0. The lowest BCUT2D eigenvalue weighted by Crippen LogP contribution is -2.52. The fraction of sp³-hybridized carbons (Fsp3) is 0.426. The standard InChI is InChI=1S/C54H63N9O8S/c1-34-38(12-9-14-41(34)58-51(66)46-31-36-11-5-6-16-45(36)72-46)43-33-61(3)54(69)49(57-43)56-37-19-17-35(18-20-37)48-53(68)62(26-25-60(48)2)24-7-4-8-27-70-29-30-71-28-23-55-42-15-10-13-39-40(42)32-63(52(39)67)44-21-22-47(64)59-50(44)65/h9-10,12-15,17-20,31,33,44,48,55H,4-8,11,16,21-30,32H2,1-3H3,(H,56,57)(H,58,66)(H,59,64,65)/t44?,48-/m1/s1. The van der Waals surface area contributed by atoms with Gasteiger partial charge in [0.05, 0.1) is 30.4 Å². The number of thiophene rings is 1. The van der Waals surface area contributed by atoms with Gasteiger partial charge in [-0.2, -0.15) is 0 Å². The second-order valence-electron chi connectivity index (χ2n) is 19.0. The molecule has 2 saturated heterocycles. The number of anilines is 4. The summed E-state index contributed by atoms with van der Waals surface area (Å²) < 4.78 is 13.1. The van der Waals surface area contributed by atoms with Gasteiger partial charge in [-0.3, -0.25) is 39.0 Å². The number of nitrogens with zero attached hydrogens (tertiary/aromatic N) is 5. The molecule has 2 aromatic heterocycles. The van der Waals surface area contributed by atoms with E-state index in [0.29, 0.717) is 81.7 Å². The van der Waals surface area contributed by atoms with Gasteiger partial charge in [-0.25, -0.2) is 4.98 Å². The van der Waals surface area contributed by atoms with Crippen molar-refractivity contribution in [3.63, 3.8) is 0 Å². The van der Waals surface area contributed by atoms with E-state index in [1.807, 2.05) is 79.5 Å². The Morgan fingerprint density at radius 2 is 1.61 bits per heavy atom. The van der Waals surface area contributed by atoms with E-state index in [1.165, 1.54) is 15.0 Å². The van der Waals surface area contributed by atoms with Gasteiger partial charge in [0.2, 0.25) is 17.7 Å². The molecule has 0 bridgehead atoms. The van der Waals surface area contributed by atoms with Crippen LogP contribution in [0, 0.1) is 6.92 Å². The molecule has 2 atom stereocenters. The zero-order valence-electron chi connectivity index (χ0n) is 41.2. The Labute approximate surface area is 423 Å². The zero-order chi connectivity index (χ0) is 50.3. The summed E-state index contributed by atoms with van der Waals surface area (Å²) in [5.41, 5.74) is 7.68. The molecule has 1 aliphatic carbocycles. The molecule has 4 N–H and O–H groups in total. The van der Waals surface area contributed by atoms with Gasteiger partial charge in [0.25, 0.3) is 17.4 Å². The number of piperazine rings is 1. The second-order valence-corrected chi connectivity index (χ2v) is 20.1. The van der Waals surface area contributed by atoms with Gasteiger partial charge in [0.1, 0.15) is 12.1 Å². The number of amides is 5. The Morgan fingerprint density at radius 1 is 0.847 bits per heavy atom. The zero-order valence-corrected chi connectivity index (χ0v) is 42.0. The molecule has 2 fully saturated rings. The van der Waals surface area contributed by atoms with E-state index in [4.69, 9.17) is 14.5 Å². The van der Waals surface area contributed by atoms with Crippen LogP contribution in [0.4, 0.5) is 22.9 Å². The quantitative estimate of drug-likeness (QED) is 0.0484. The molecule has 17 nitrogen and oxygen atoms in total. The monoisotopic (exact) mass is 997 g/mol. The first-order chi connectivity index (χ1) is 34.9. The minimum atomic E-state index is -0.654. The van der Waals surface area contributed by atoms with Gasteiger partial charge >= 0.3 is 0 Å². The molecule has 3 aromatic carbocycles. The molecule has 5 aromatic rings. The highest BCUT2D eigenvalue weighted by Crippen LogP contribution is 2.34. The fourth-order valence-corrected chi connectivity index (χ4v) is 11.2. The van der Waals surface area contributed by atoms with Crippen LogP contribution in [0.3, 0.4) is 0 Å². The highest BCUT2D eigenvalue weighted by atomic mass is 32.1. The number of nitrogens with one attached hydrogen (secondary N) is 4. The van der Waals surface area contributed by atoms with Crippen molar-refractivity contribution in [2.75, 3.05) is 75.6 Å². The third-order valence-electron chi connectivity index (χ3n) is 14.1. The average molecular weight is 998 g/mol. The summed E-state index contributed by atoms with van der Waals surface area (Å²) in [5, 5.41) is 12.0. The number of benzene rings is 3. The predicted octanol–water partition coefficient (Wildman–Crippen LogP) is 6.58. The molecule has 0 spiro atoms. The maximum absolute atomic E-state index is 13.9. The molecule has 1 unspecified atom stereocenters. The van der Waals surface area contributed by atoms with Crippen LogP contribution in [0.5, 0.6) is 0 Å². The Bertz CT molecular complexity index is 2880. The lowest BCUT2D eigenvalue weighted by Gasteiger charge is -2.39. The molecule has 3 aliphatic heterocycles. The van der Waals surface area contributed by atoms with E-state index in [2.05, 4.69) is 26.2 Å². The van der Waals surface area contributed by atoms with Crippen molar-refractivity contribution in [2.45, 2.75) is 83.3 Å². The summed E-state index contributed by atoms with van der Waals surface area (Å²) in [6.45, 7) is 6.83. The molecule has 0 radical (unpaired) electrons. The summed E-state index contributed by atoms with van der Waals surface area (Å²) in [6.07, 6.45) is 9.29. The highest BCUT2D eigenvalue weighted by Gasteiger charge is 2.40. The highest BCUT2D eigenvalue weighted by molar-refractivity contribution is 7.14. The van der Waals surface area contributed by atoms with E-state index in [-0.39, 0.29) is 41.4 Å². The van der Waals surface area contributed by atoms with Crippen molar-refractivity contribution in [3.8, 4) is 11.3 Å². The summed E-state index contributed by atoms with van der Waals surface area (Å²) >= 11 is 1.58. The molecule has 4 aliphatic rings. The van der Waals surface area contributed by atoms with E-state index in [0.717, 1.165) is 84.3 Å². The van der Waals surface area contributed by atoms with Gasteiger partial charge in [-0.15, -0.1) is 11.3 Å². The van der Waals surface area contributed by atoms with Crippen LogP contribution in [0.1, 0.15) is 98.1 Å². The number of fused-ring (bicyclic) bond motifs is 2. The number of hydrogen-bond donors (Lipinski definition) is 4. The van der Waals surface area contributed by atoms with Gasteiger partial charge in [-0.05, 0) is 118 Å². The topological polar surface area (TPSA) is 197 Å².